The number of benzene rings is 1. The Morgan fingerprint density at radius 3 is 2.38 bits per heavy atom. The first-order chi connectivity index (χ1) is 10.2. The molecule has 4 nitrogen and oxygen atoms in total. The van der Waals surface area contributed by atoms with E-state index < -0.39 is 0 Å². The van der Waals surface area contributed by atoms with Gasteiger partial charge in [0.1, 0.15) is 0 Å². The van der Waals surface area contributed by atoms with Gasteiger partial charge in [-0.15, -0.1) is 0 Å². The molecule has 1 aliphatic rings. The van der Waals surface area contributed by atoms with E-state index in [-0.39, 0.29) is 6.03 Å². The van der Waals surface area contributed by atoms with Crippen molar-refractivity contribution in [3.05, 3.63) is 29.8 Å². The van der Waals surface area contributed by atoms with Crippen molar-refractivity contribution in [3.63, 3.8) is 0 Å². The quantitative estimate of drug-likeness (QED) is 0.574. The third kappa shape index (κ3) is 6.17. The molecule has 0 atom stereocenters. The fourth-order valence-corrected chi connectivity index (χ4v) is 2.75. The van der Waals surface area contributed by atoms with Crippen LogP contribution < -0.4 is 16.0 Å². The normalized spacial score (nSPS) is 16.2. The Balaban J connectivity index is 1.59. The zero-order valence-electron chi connectivity index (χ0n) is 13.0. The maximum absolute atomic E-state index is 11.8. The number of carbonyl (C=O) groups excluding carboxylic acids is 1. The summed E-state index contributed by atoms with van der Waals surface area (Å²) in [5, 5.41) is 9.27. The Labute approximate surface area is 127 Å². The molecule has 3 N–H and O–H groups in total. The highest BCUT2D eigenvalue weighted by Gasteiger charge is 2.10. The van der Waals surface area contributed by atoms with Gasteiger partial charge in [-0.05, 0) is 31.9 Å². The molecule has 1 saturated carbocycles. The fraction of sp³-hybridized carbons (Fsp3) is 0.588. The molecule has 116 valence electrons. The Kier molecular flexibility index (Phi) is 6.54. The Morgan fingerprint density at radius 2 is 1.71 bits per heavy atom. The van der Waals surface area contributed by atoms with Crippen molar-refractivity contribution >= 4 is 11.7 Å². The lowest BCUT2D eigenvalue weighted by molar-refractivity contribution is 0.252. The van der Waals surface area contributed by atoms with Crippen LogP contribution in [0.15, 0.2) is 24.3 Å². The maximum Gasteiger partial charge on any atom is 0.319 e. The number of hydrogen-bond donors (Lipinski definition) is 3. The van der Waals surface area contributed by atoms with E-state index in [0.717, 1.165) is 12.2 Å². The molecule has 2 amide bonds. The summed E-state index contributed by atoms with van der Waals surface area (Å²) < 4.78 is 0. The summed E-state index contributed by atoms with van der Waals surface area (Å²) in [6.45, 7) is 3.53. The van der Waals surface area contributed by atoms with Crippen LogP contribution in [0.25, 0.3) is 0 Å². The van der Waals surface area contributed by atoms with Gasteiger partial charge in [-0.1, -0.05) is 43.4 Å². The third-order valence-corrected chi connectivity index (χ3v) is 4.01. The molecule has 0 aliphatic heterocycles. The van der Waals surface area contributed by atoms with Crippen molar-refractivity contribution in [2.75, 3.05) is 18.4 Å². The minimum Gasteiger partial charge on any atom is -0.337 e. The van der Waals surface area contributed by atoms with Gasteiger partial charge >= 0.3 is 6.03 Å². The largest absolute Gasteiger partial charge is 0.337 e. The number of aryl methyl sites for hydroxylation is 1. The molecule has 2 rings (SSSR count). The van der Waals surface area contributed by atoms with E-state index in [1.54, 1.807) is 0 Å². The van der Waals surface area contributed by atoms with E-state index in [1.807, 2.05) is 31.2 Å². The van der Waals surface area contributed by atoms with Gasteiger partial charge in [0.2, 0.25) is 0 Å². The zero-order valence-corrected chi connectivity index (χ0v) is 13.0. The van der Waals surface area contributed by atoms with Gasteiger partial charge in [0.05, 0.1) is 0 Å². The molecule has 1 aromatic carbocycles. The van der Waals surface area contributed by atoms with E-state index in [4.69, 9.17) is 0 Å². The molecule has 1 aromatic rings. The van der Waals surface area contributed by atoms with Crippen LogP contribution in [0.3, 0.4) is 0 Å². The SMILES string of the molecule is Cc1ccc(NC(=O)NCCNC2CCCCCC2)cc1. The molecule has 0 aromatic heterocycles. The summed E-state index contributed by atoms with van der Waals surface area (Å²) >= 11 is 0. The van der Waals surface area contributed by atoms with E-state index in [9.17, 15) is 4.79 Å². The van der Waals surface area contributed by atoms with Gasteiger partial charge in [-0.25, -0.2) is 4.79 Å². The van der Waals surface area contributed by atoms with E-state index >= 15 is 0 Å². The minimum atomic E-state index is -0.137. The van der Waals surface area contributed by atoms with Gasteiger partial charge in [0.15, 0.2) is 0 Å². The van der Waals surface area contributed by atoms with Crippen LogP contribution in [-0.2, 0) is 0 Å². The van der Waals surface area contributed by atoms with Crippen LogP contribution in [0.2, 0.25) is 0 Å². The lowest BCUT2D eigenvalue weighted by Gasteiger charge is -2.16. The van der Waals surface area contributed by atoms with Gasteiger partial charge in [-0.2, -0.15) is 0 Å². The molecule has 1 aliphatic carbocycles. The molecule has 4 heteroatoms. The predicted molar refractivity (Wildman–Crippen MR) is 87.7 cm³/mol. The number of rotatable bonds is 5. The van der Waals surface area contributed by atoms with Crippen molar-refractivity contribution in [1.82, 2.24) is 10.6 Å². The maximum atomic E-state index is 11.8. The Hall–Kier alpha value is -1.55. The van der Waals surface area contributed by atoms with Crippen LogP contribution in [0.4, 0.5) is 10.5 Å². The summed E-state index contributed by atoms with van der Waals surface area (Å²) in [5.74, 6) is 0. The molecule has 0 saturated heterocycles. The molecule has 0 radical (unpaired) electrons. The molecule has 0 heterocycles. The van der Waals surface area contributed by atoms with Gasteiger partial charge in [0.25, 0.3) is 0 Å². The van der Waals surface area contributed by atoms with Gasteiger partial charge in [0, 0.05) is 24.8 Å². The number of carbonyl (C=O) groups is 1. The summed E-state index contributed by atoms with van der Waals surface area (Å²) in [5.41, 5.74) is 2.02. The first-order valence-electron chi connectivity index (χ1n) is 8.09. The standard InChI is InChI=1S/C17H27N3O/c1-14-8-10-16(11-9-14)20-17(21)19-13-12-18-15-6-4-2-3-5-7-15/h8-11,15,18H,2-7,12-13H2,1H3,(H2,19,20,21). The van der Waals surface area contributed by atoms with Crippen molar-refractivity contribution < 1.29 is 4.79 Å². The molecule has 1 fully saturated rings. The first kappa shape index (κ1) is 15.8. The van der Waals surface area contributed by atoms with Gasteiger partial charge in [-0.3, -0.25) is 0 Å². The zero-order chi connectivity index (χ0) is 14.9. The number of nitrogens with one attached hydrogen (secondary N) is 3. The number of amides is 2. The number of hydrogen-bond acceptors (Lipinski definition) is 2. The third-order valence-electron chi connectivity index (χ3n) is 4.01. The van der Waals surface area contributed by atoms with Crippen molar-refractivity contribution in [1.29, 1.82) is 0 Å². The van der Waals surface area contributed by atoms with Crippen LogP contribution in [-0.4, -0.2) is 25.2 Å². The lowest BCUT2D eigenvalue weighted by Crippen LogP contribution is -2.38. The first-order valence-corrected chi connectivity index (χ1v) is 8.09. The summed E-state index contributed by atoms with van der Waals surface area (Å²) in [4.78, 5) is 11.8. The summed E-state index contributed by atoms with van der Waals surface area (Å²) in [6.07, 6.45) is 7.95. The Bertz CT molecular complexity index is 422. The molecular formula is C17H27N3O. The topological polar surface area (TPSA) is 53.2 Å². The van der Waals surface area contributed by atoms with E-state index in [2.05, 4.69) is 16.0 Å². The number of urea groups is 1. The van der Waals surface area contributed by atoms with Crippen LogP contribution >= 0.6 is 0 Å². The second-order valence-electron chi connectivity index (χ2n) is 5.89. The van der Waals surface area contributed by atoms with E-state index in [1.165, 1.54) is 44.1 Å². The molecule has 0 spiro atoms. The minimum absolute atomic E-state index is 0.137. The molecule has 21 heavy (non-hydrogen) atoms. The molecule has 0 unspecified atom stereocenters. The van der Waals surface area contributed by atoms with Gasteiger partial charge < -0.3 is 16.0 Å². The summed E-state index contributed by atoms with van der Waals surface area (Å²) in [6, 6.07) is 8.31. The second-order valence-corrected chi connectivity index (χ2v) is 5.89. The molecular weight excluding hydrogens is 262 g/mol. The van der Waals surface area contributed by atoms with E-state index in [0.29, 0.717) is 12.6 Å². The van der Waals surface area contributed by atoms with Crippen LogP contribution in [0, 0.1) is 6.92 Å². The van der Waals surface area contributed by atoms with Crippen LogP contribution in [0.5, 0.6) is 0 Å². The molecule has 0 bridgehead atoms. The number of anilines is 1. The highest BCUT2D eigenvalue weighted by Crippen LogP contribution is 2.16. The summed E-state index contributed by atoms with van der Waals surface area (Å²) in [7, 11) is 0. The monoisotopic (exact) mass is 289 g/mol. The smallest absolute Gasteiger partial charge is 0.319 e. The van der Waals surface area contributed by atoms with Crippen molar-refractivity contribution in [3.8, 4) is 0 Å². The highest BCUT2D eigenvalue weighted by molar-refractivity contribution is 5.89. The van der Waals surface area contributed by atoms with Crippen molar-refractivity contribution in [2.24, 2.45) is 0 Å². The highest BCUT2D eigenvalue weighted by atomic mass is 16.2. The average molecular weight is 289 g/mol. The van der Waals surface area contributed by atoms with Crippen LogP contribution in [0.1, 0.15) is 44.1 Å². The second kappa shape index (κ2) is 8.67. The Morgan fingerprint density at radius 1 is 1.05 bits per heavy atom. The average Bonchev–Trinajstić information content (AvgIpc) is 2.75. The fourth-order valence-electron chi connectivity index (χ4n) is 2.75. The predicted octanol–water partition coefficient (Wildman–Crippen LogP) is 3.43. The lowest BCUT2D eigenvalue weighted by atomic mass is 10.1. The van der Waals surface area contributed by atoms with Crippen molar-refractivity contribution in [2.45, 2.75) is 51.5 Å².